The average Bonchev–Trinajstić information content (AvgIpc) is 2.15. The summed E-state index contributed by atoms with van der Waals surface area (Å²) >= 11 is 0. The molecule has 4 nitrogen and oxygen atoms in total. The van der Waals surface area contributed by atoms with Crippen molar-refractivity contribution in [2.75, 3.05) is 6.61 Å². The zero-order chi connectivity index (χ0) is 10.6. The molecule has 0 aromatic carbocycles. The Morgan fingerprint density at radius 3 is 3.00 bits per heavy atom. The molecule has 0 bridgehead atoms. The molecule has 0 aliphatic carbocycles. The van der Waals surface area contributed by atoms with Gasteiger partial charge in [0, 0.05) is 6.20 Å². The van der Waals surface area contributed by atoms with E-state index in [0.29, 0.717) is 0 Å². The molecule has 0 fully saturated rings. The molecule has 1 heterocycles. The van der Waals surface area contributed by atoms with Crippen molar-refractivity contribution < 1.29 is 19.0 Å². The molecular weight excluding hydrogens is 189 g/mol. The minimum Gasteiger partial charge on any atom is -0.478 e. The maximum absolute atomic E-state index is 13.0. The van der Waals surface area contributed by atoms with E-state index in [0.717, 1.165) is 12.3 Å². The summed E-state index contributed by atoms with van der Waals surface area (Å²) in [6.45, 7) is -0.115. The van der Waals surface area contributed by atoms with E-state index < -0.39 is 11.8 Å². The first-order chi connectivity index (χ1) is 6.65. The number of carbonyl (C=O) groups is 1. The van der Waals surface area contributed by atoms with Gasteiger partial charge in [0.2, 0.25) is 0 Å². The Bertz CT molecular complexity index is 398. The maximum Gasteiger partial charge on any atom is 0.337 e. The molecule has 5 heteroatoms. The van der Waals surface area contributed by atoms with Gasteiger partial charge in [0.05, 0.1) is 5.56 Å². The quantitative estimate of drug-likeness (QED) is 0.729. The van der Waals surface area contributed by atoms with Crippen LogP contribution in [0.25, 0.3) is 0 Å². The lowest BCUT2D eigenvalue weighted by Crippen LogP contribution is -2.03. The van der Waals surface area contributed by atoms with Crippen LogP contribution in [0.1, 0.15) is 10.4 Å². The summed E-state index contributed by atoms with van der Waals surface area (Å²) in [5.74, 6) is -0.260. The third kappa shape index (κ3) is 2.20. The van der Waals surface area contributed by atoms with Crippen molar-refractivity contribution in [1.29, 1.82) is 0 Å². The number of rotatable bonds is 3. The fraction of sp³-hybridized carbons (Fsp3) is 0.111. The highest BCUT2D eigenvalue weighted by Gasteiger charge is 2.09. The van der Waals surface area contributed by atoms with E-state index in [4.69, 9.17) is 16.3 Å². The van der Waals surface area contributed by atoms with Gasteiger partial charge in [-0.05, 0) is 6.07 Å². The summed E-state index contributed by atoms with van der Waals surface area (Å²) in [6.07, 6.45) is 5.88. The molecule has 0 aliphatic rings. The molecule has 1 aromatic heterocycles. The van der Waals surface area contributed by atoms with Gasteiger partial charge in [-0.3, -0.25) is 0 Å². The lowest BCUT2D eigenvalue weighted by molar-refractivity contribution is 0.0695. The van der Waals surface area contributed by atoms with Crippen LogP contribution in [0.3, 0.4) is 0 Å². The van der Waals surface area contributed by atoms with Gasteiger partial charge in [-0.25, -0.2) is 14.2 Å². The van der Waals surface area contributed by atoms with Crippen molar-refractivity contribution in [3.63, 3.8) is 0 Å². The third-order valence-corrected chi connectivity index (χ3v) is 1.35. The molecule has 1 rings (SSSR count). The molecule has 0 radical (unpaired) electrons. The van der Waals surface area contributed by atoms with Gasteiger partial charge in [-0.2, -0.15) is 0 Å². The highest BCUT2D eigenvalue weighted by atomic mass is 19.1. The second kappa shape index (κ2) is 4.23. The number of aromatic carboxylic acids is 1. The summed E-state index contributed by atoms with van der Waals surface area (Å²) in [5, 5.41) is 8.50. The van der Waals surface area contributed by atoms with Crippen LogP contribution in [0.2, 0.25) is 0 Å². The lowest BCUT2D eigenvalue weighted by atomic mass is 10.3. The summed E-state index contributed by atoms with van der Waals surface area (Å²) in [6, 6.07) is 0.821. The number of terminal acetylenes is 1. The normalized spacial score (nSPS) is 9.14. The Morgan fingerprint density at radius 1 is 1.79 bits per heavy atom. The molecule has 1 aromatic rings. The van der Waals surface area contributed by atoms with E-state index in [1.807, 2.05) is 0 Å². The van der Waals surface area contributed by atoms with Crippen LogP contribution in [-0.4, -0.2) is 22.7 Å². The van der Waals surface area contributed by atoms with Crippen LogP contribution in [0, 0.1) is 18.2 Å². The van der Waals surface area contributed by atoms with Crippen molar-refractivity contribution in [3.8, 4) is 18.2 Å². The van der Waals surface area contributed by atoms with Crippen molar-refractivity contribution in [3.05, 3.63) is 23.6 Å². The molecule has 0 unspecified atom stereocenters. The van der Waals surface area contributed by atoms with Crippen LogP contribution in [0.4, 0.5) is 4.39 Å². The van der Waals surface area contributed by atoms with Crippen molar-refractivity contribution >= 4 is 5.97 Å². The third-order valence-electron chi connectivity index (χ3n) is 1.35. The first-order valence-electron chi connectivity index (χ1n) is 3.60. The number of hydrogen-bond donors (Lipinski definition) is 1. The van der Waals surface area contributed by atoms with Crippen LogP contribution in [0.15, 0.2) is 12.3 Å². The Hall–Kier alpha value is -2.09. The molecule has 0 saturated heterocycles. The van der Waals surface area contributed by atoms with Gasteiger partial charge < -0.3 is 9.84 Å². The van der Waals surface area contributed by atoms with E-state index in [1.54, 1.807) is 0 Å². The van der Waals surface area contributed by atoms with E-state index in [9.17, 15) is 9.18 Å². The Labute approximate surface area is 79.3 Å². The summed E-state index contributed by atoms with van der Waals surface area (Å²) < 4.78 is 17.7. The summed E-state index contributed by atoms with van der Waals surface area (Å²) in [7, 11) is 0. The zero-order valence-electron chi connectivity index (χ0n) is 7.03. The number of halogens is 1. The first kappa shape index (κ1) is 9.99. The Balaban J connectivity index is 2.91. The number of aromatic nitrogens is 1. The number of pyridine rings is 1. The second-order valence-electron chi connectivity index (χ2n) is 2.31. The number of carboxylic acids is 1. The molecule has 72 valence electrons. The van der Waals surface area contributed by atoms with Crippen molar-refractivity contribution in [1.82, 2.24) is 4.98 Å². The SMILES string of the molecule is C#CCOc1ncc(C(=O)O)cc1F. The summed E-state index contributed by atoms with van der Waals surface area (Å²) in [4.78, 5) is 13.9. The molecule has 0 saturated carbocycles. The minimum absolute atomic E-state index is 0.115. The molecule has 0 aliphatic heterocycles. The number of carboxylic acid groups (broad SMARTS) is 1. The minimum atomic E-state index is -1.25. The summed E-state index contributed by atoms with van der Waals surface area (Å²) in [5.41, 5.74) is -0.240. The van der Waals surface area contributed by atoms with Crippen molar-refractivity contribution in [2.45, 2.75) is 0 Å². The molecule has 0 spiro atoms. The Morgan fingerprint density at radius 2 is 2.50 bits per heavy atom. The smallest absolute Gasteiger partial charge is 0.337 e. The van der Waals surface area contributed by atoms with E-state index in [-0.39, 0.29) is 18.1 Å². The number of hydrogen-bond acceptors (Lipinski definition) is 3. The van der Waals surface area contributed by atoms with Gasteiger partial charge in [0.15, 0.2) is 12.4 Å². The maximum atomic E-state index is 13.0. The monoisotopic (exact) mass is 195 g/mol. The van der Waals surface area contributed by atoms with E-state index in [2.05, 4.69) is 10.9 Å². The molecule has 0 amide bonds. The number of ether oxygens (including phenoxy) is 1. The van der Waals surface area contributed by atoms with Crippen LogP contribution in [-0.2, 0) is 0 Å². The molecule has 14 heavy (non-hydrogen) atoms. The zero-order valence-corrected chi connectivity index (χ0v) is 7.03. The largest absolute Gasteiger partial charge is 0.478 e. The van der Waals surface area contributed by atoms with Gasteiger partial charge in [0.1, 0.15) is 0 Å². The van der Waals surface area contributed by atoms with Gasteiger partial charge >= 0.3 is 5.97 Å². The molecule has 1 N–H and O–H groups in total. The van der Waals surface area contributed by atoms with Gasteiger partial charge in [-0.1, -0.05) is 5.92 Å². The second-order valence-corrected chi connectivity index (χ2v) is 2.31. The van der Waals surface area contributed by atoms with Crippen LogP contribution in [0.5, 0.6) is 5.88 Å². The van der Waals surface area contributed by atoms with Crippen LogP contribution < -0.4 is 4.74 Å². The lowest BCUT2D eigenvalue weighted by Gasteiger charge is -2.02. The molecular formula is C9H6FNO3. The highest BCUT2D eigenvalue weighted by molar-refractivity contribution is 5.87. The fourth-order valence-corrected chi connectivity index (χ4v) is 0.759. The average molecular weight is 195 g/mol. The highest BCUT2D eigenvalue weighted by Crippen LogP contribution is 2.14. The standard InChI is InChI=1S/C9H6FNO3/c1-2-3-14-8-7(10)4-6(5-11-8)9(12)13/h1,4-5H,3H2,(H,12,13). The first-order valence-corrected chi connectivity index (χ1v) is 3.60. The van der Waals surface area contributed by atoms with Gasteiger partial charge in [0.25, 0.3) is 5.88 Å². The van der Waals surface area contributed by atoms with E-state index in [1.165, 1.54) is 0 Å². The molecule has 0 atom stereocenters. The topological polar surface area (TPSA) is 59.4 Å². The van der Waals surface area contributed by atoms with E-state index >= 15 is 0 Å². The predicted octanol–water partition coefficient (Wildman–Crippen LogP) is 0.931. The fourth-order valence-electron chi connectivity index (χ4n) is 0.759. The van der Waals surface area contributed by atoms with Crippen molar-refractivity contribution in [2.24, 2.45) is 0 Å². The predicted molar refractivity (Wildman–Crippen MR) is 45.5 cm³/mol. The van der Waals surface area contributed by atoms with Crippen LogP contribution >= 0.6 is 0 Å². The van der Waals surface area contributed by atoms with Gasteiger partial charge in [-0.15, -0.1) is 6.42 Å². The Kier molecular flexibility index (Phi) is 3.02. The number of nitrogens with zero attached hydrogens (tertiary/aromatic N) is 1.